The zero-order chi connectivity index (χ0) is 19.2. The van der Waals surface area contributed by atoms with Gasteiger partial charge in [0.25, 0.3) is 10.1 Å². The number of rotatable bonds is 3. The van der Waals surface area contributed by atoms with E-state index in [1.807, 2.05) is 0 Å². The fraction of sp³-hybridized carbons (Fsp3) is 0.455. The highest BCUT2D eigenvalue weighted by Gasteiger charge is 2.18. The first kappa shape index (κ1) is 20.7. The summed E-state index contributed by atoms with van der Waals surface area (Å²) in [5.41, 5.74) is 3.59. The third kappa shape index (κ3) is 6.26. The molecule has 1 aliphatic rings. The molecule has 142 valence electrons. The van der Waals surface area contributed by atoms with Gasteiger partial charge in [0.2, 0.25) is 0 Å². The van der Waals surface area contributed by atoms with E-state index in [4.69, 9.17) is 4.55 Å². The van der Waals surface area contributed by atoms with Crippen molar-refractivity contribution in [2.45, 2.75) is 57.8 Å². The standard InChI is InChI=1S/C15H22.C7H8O3S/c1-12-7-9-14(10-8-12)11-15-6-4-3-5-13(15)2;1-6-4-2-3-5-7(6)11(8,9)10/h3-6,12,14H,7-11H2,1-2H3;2-5H,1H3,(H,8,9,10). The minimum atomic E-state index is -4.03. The summed E-state index contributed by atoms with van der Waals surface area (Å²) in [6, 6.07) is 15.1. The van der Waals surface area contributed by atoms with Crippen LogP contribution >= 0.6 is 0 Å². The van der Waals surface area contributed by atoms with Gasteiger partial charge in [0, 0.05) is 0 Å². The van der Waals surface area contributed by atoms with E-state index < -0.39 is 10.1 Å². The molecule has 0 amide bonds. The second-order valence-corrected chi connectivity index (χ2v) is 8.89. The molecule has 26 heavy (non-hydrogen) atoms. The molecular weight excluding hydrogens is 344 g/mol. The monoisotopic (exact) mass is 374 g/mol. The molecule has 1 fully saturated rings. The third-order valence-corrected chi connectivity index (χ3v) is 6.29. The predicted octanol–water partition coefficient (Wildman–Crippen LogP) is 5.61. The third-order valence-electron chi connectivity index (χ3n) is 5.28. The van der Waals surface area contributed by atoms with Crippen LogP contribution in [0.4, 0.5) is 0 Å². The van der Waals surface area contributed by atoms with Crippen LogP contribution in [0.3, 0.4) is 0 Å². The summed E-state index contributed by atoms with van der Waals surface area (Å²) < 4.78 is 29.9. The molecule has 0 spiro atoms. The van der Waals surface area contributed by atoms with Crippen molar-refractivity contribution in [1.29, 1.82) is 0 Å². The Bertz CT molecular complexity index is 804. The molecule has 0 atom stereocenters. The largest absolute Gasteiger partial charge is 0.294 e. The lowest BCUT2D eigenvalue weighted by molar-refractivity contribution is 0.288. The molecule has 0 saturated heterocycles. The highest BCUT2D eigenvalue weighted by atomic mass is 32.2. The van der Waals surface area contributed by atoms with E-state index in [9.17, 15) is 8.42 Å². The van der Waals surface area contributed by atoms with Crippen LogP contribution in [0.15, 0.2) is 53.4 Å². The van der Waals surface area contributed by atoms with Crippen molar-refractivity contribution in [3.05, 3.63) is 65.2 Å². The first-order chi connectivity index (χ1) is 12.3. The van der Waals surface area contributed by atoms with Crippen molar-refractivity contribution in [1.82, 2.24) is 0 Å². The van der Waals surface area contributed by atoms with Gasteiger partial charge < -0.3 is 0 Å². The molecule has 2 aromatic rings. The van der Waals surface area contributed by atoms with Crippen molar-refractivity contribution in [3.63, 3.8) is 0 Å². The maximum absolute atomic E-state index is 10.6. The Morgan fingerprint density at radius 3 is 1.92 bits per heavy atom. The van der Waals surface area contributed by atoms with Gasteiger partial charge in [-0.15, -0.1) is 0 Å². The zero-order valence-corrected chi connectivity index (χ0v) is 16.8. The molecule has 0 aliphatic heterocycles. The van der Waals surface area contributed by atoms with Crippen LogP contribution in [0.2, 0.25) is 0 Å². The predicted molar refractivity (Wildman–Crippen MR) is 107 cm³/mol. The van der Waals surface area contributed by atoms with Gasteiger partial charge in [-0.05, 0) is 67.7 Å². The van der Waals surface area contributed by atoms with Gasteiger partial charge in [0.1, 0.15) is 0 Å². The summed E-state index contributed by atoms with van der Waals surface area (Å²) >= 11 is 0. The van der Waals surface area contributed by atoms with E-state index in [0.29, 0.717) is 5.56 Å². The zero-order valence-electron chi connectivity index (χ0n) is 16.0. The van der Waals surface area contributed by atoms with Crippen molar-refractivity contribution < 1.29 is 13.0 Å². The van der Waals surface area contributed by atoms with Crippen LogP contribution in [0.25, 0.3) is 0 Å². The van der Waals surface area contributed by atoms with Crippen LogP contribution in [0.1, 0.15) is 49.3 Å². The van der Waals surface area contributed by atoms with Gasteiger partial charge >= 0.3 is 0 Å². The molecule has 0 aromatic heterocycles. The Kier molecular flexibility index (Phi) is 7.42. The van der Waals surface area contributed by atoms with E-state index in [1.165, 1.54) is 43.7 Å². The van der Waals surface area contributed by atoms with E-state index >= 15 is 0 Å². The number of hydrogen-bond donors (Lipinski definition) is 1. The van der Waals surface area contributed by atoms with Gasteiger partial charge in [-0.2, -0.15) is 8.42 Å². The average molecular weight is 375 g/mol. The van der Waals surface area contributed by atoms with Crippen LogP contribution in [-0.4, -0.2) is 13.0 Å². The van der Waals surface area contributed by atoms with E-state index in [-0.39, 0.29) is 4.90 Å². The van der Waals surface area contributed by atoms with Crippen LogP contribution in [-0.2, 0) is 16.5 Å². The molecule has 3 nitrogen and oxygen atoms in total. The van der Waals surface area contributed by atoms with E-state index in [1.54, 1.807) is 30.7 Å². The number of hydrogen-bond acceptors (Lipinski definition) is 2. The van der Waals surface area contributed by atoms with Crippen LogP contribution < -0.4 is 0 Å². The quantitative estimate of drug-likeness (QED) is 0.711. The lowest BCUT2D eigenvalue weighted by Crippen LogP contribution is -2.14. The molecule has 0 heterocycles. The Morgan fingerprint density at radius 1 is 0.885 bits per heavy atom. The highest BCUT2D eigenvalue weighted by Crippen LogP contribution is 2.31. The maximum atomic E-state index is 10.6. The average Bonchev–Trinajstić information content (AvgIpc) is 2.59. The summed E-state index contributed by atoms with van der Waals surface area (Å²) in [5.74, 6) is 1.92. The molecule has 3 rings (SSSR count). The van der Waals surface area contributed by atoms with Crippen molar-refractivity contribution in [2.24, 2.45) is 11.8 Å². The fourth-order valence-electron chi connectivity index (χ4n) is 3.53. The summed E-state index contributed by atoms with van der Waals surface area (Å²) in [5, 5.41) is 0. The normalized spacial score (nSPS) is 20.2. The van der Waals surface area contributed by atoms with Crippen LogP contribution in [0, 0.1) is 25.7 Å². The van der Waals surface area contributed by atoms with Gasteiger partial charge in [-0.1, -0.05) is 62.2 Å². The summed E-state index contributed by atoms with van der Waals surface area (Å²) in [6.45, 7) is 6.26. The molecule has 0 unspecified atom stereocenters. The highest BCUT2D eigenvalue weighted by molar-refractivity contribution is 7.85. The first-order valence-corrected chi connectivity index (χ1v) is 10.8. The summed E-state index contributed by atoms with van der Waals surface area (Å²) in [6.07, 6.45) is 7.07. The molecule has 1 aliphatic carbocycles. The molecule has 0 radical (unpaired) electrons. The minimum Gasteiger partial charge on any atom is -0.282 e. The molecule has 2 aromatic carbocycles. The topological polar surface area (TPSA) is 54.4 Å². The molecular formula is C22H30O3S. The van der Waals surface area contributed by atoms with Gasteiger partial charge in [0.05, 0.1) is 4.90 Å². The number of benzene rings is 2. The second kappa shape index (κ2) is 9.33. The van der Waals surface area contributed by atoms with Gasteiger partial charge in [0.15, 0.2) is 0 Å². The smallest absolute Gasteiger partial charge is 0.282 e. The molecule has 1 saturated carbocycles. The molecule has 0 bridgehead atoms. The van der Waals surface area contributed by atoms with Crippen molar-refractivity contribution in [3.8, 4) is 0 Å². The Balaban J connectivity index is 0.000000197. The molecule has 4 heteroatoms. The van der Waals surface area contributed by atoms with E-state index in [2.05, 4.69) is 38.1 Å². The Hall–Kier alpha value is -1.65. The fourth-order valence-corrected chi connectivity index (χ4v) is 4.25. The van der Waals surface area contributed by atoms with Crippen LogP contribution in [0.5, 0.6) is 0 Å². The minimum absolute atomic E-state index is 0.0278. The van der Waals surface area contributed by atoms with Gasteiger partial charge in [-0.25, -0.2) is 0 Å². The lowest BCUT2D eigenvalue weighted by atomic mass is 9.79. The van der Waals surface area contributed by atoms with Crippen molar-refractivity contribution in [2.75, 3.05) is 0 Å². The molecule has 1 N–H and O–H groups in total. The first-order valence-electron chi connectivity index (χ1n) is 9.35. The SMILES string of the molecule is Cc1ccccc1CC1CCC(C)CC1.Cc1ccccc1S(=O)(=O)O. The van der Waals surface area contributed by atoms with Crippen molar-refractivity contribution >= 4 is 10.1 Å². The Labute approximate surface area is 158 Å². The summed E-state index contributed by atoms with van der Waals surface area (Å²) in [4.78, 5) is -0.0278. The second-order valence-electron chi connectivity index (χ2n) is 7.50. The maximum Gasteiger partial charge on any atom is 0.294 e. The number of aryl methyl sites for hydroxylation is 2. The lowest BCUT2D eigenvalue weighted by Gasteiger charge is -2.26. The van der Waals surface area contributed by atoms with Gasteiger partial charge in [-0.3, -0.25) is 4.55 Å². The summed E-state index contributed by atoms with van der Waals surface area (Å²) in [7, 11) is -4.03. The Morgan fingerprint density at radius 2 is 1.42 bits per heavy atom. The van der Waals surface area contributed by atoms with E-state index in [0.717, 1.165) is 11.8 Å².